The summed E-state index contributed by atoms with van der Waals surface area (Å²) < 4.78 is 0. The molecule has 1 fully saturated rings. The largest absolute Gasteiger partial charge is 0.481 e. The second kappa shape index (κ2) is 7.24. The van der Waals surface area contributed by atoms with E-state index in [1.165, 1.54) is 12.0 Å². The Morgan fingerprint density at radius 3 is 2.79 bits per heavy atom. The van der Waals surface area contributed by atoms with Crippen LogP contribution in [0.25, 0.3) is 0 Å². The van der Waals surface area contributed by atoms with Gasteiger partial charge in [-0.2, -0.15) is 0 Å². The van der Waals surface area contributed by atoms with Crippen LogP contribution in [-0.4, -0.2) is 29.1 Å². The summed E-state index contributed by atoms with van der Waals surface area (Å²) >= 11 is 0. The van der Waals surface area contributed by atoms with Crippen LogP contribution in [0.4, 0.5) is 0 Å². The molecule has 104 valence electrons. The van der Waals surface area contributed by atoms with Gasteiger partial charge in [0, 0.05) is 12.4 Å². The first kappa shape index (κ1) is 14.0. The lowest BCUT2D eigenvalue weighted by Gasteiger charge is -2.28. The number of nitrogens with zero attached hydrogens (tertiary/aromatic N) is 1. The molecule has 0 bridgehead atoms. The highest BCUT2D eigenvalue weighted by atomic mass is 16.4. The van der Waals surface area contributed by atoms with E-state index in [0.29, 0.717) is 5.92 Å². The normalized spacial score (nSPS) is 23.2. The minimum atomic E-state index is -0.624. The third kappa shape index (κ3) is 4.31. The summed E-state index contributed by atoms with van der Waals surface area (Å²) in [6.07, 6.45) is 8.68. The molecule has 4 nitrogen and oxygen atoms in total. The molecule has 1 heterocycles. The lowest BCUT2D eigenvalue weighted by molar-refractivity contribution is -0.144. The minimum Gasteiger partial charge on any atom is -0.481 e. The van der Waals surface area contributed by atoms with E-state index in [-0.39, 0.29) is 5.92 Å². The fourth-order valence-electron chi connectivity index (χ4n) is 2.85. The van der Waals surface area contributed by atoms with Crippen molar-refractivity contribution < 1.29 is 9.90 Å². The molecule has 1 aliphatic carbocycles. The molecule has 2 atom stereocenters. The predicted octanol–water partition coefficient (Wildman–Crippen LogP) is 2.10. The molecule has 1 saturated carbocycles. The molecule has 1 aliphatic rings. The van der Waals surface area contributed by atoms with Gasteiger partial charge < -0.3 is 10.4 Å². The first-order valence-corrected chi connectivity index (χ1v) is 7.10. The van der Waals surface area contributed by atoms with Gasteiger partial charge >= 0.3 is 5.97 Å². The lowest BCUT2D eigenvalue weighted by atomic mass is 9.79. The first-order chi connectivity index (χ1) is 9.27. The topological polar surface area (TPSA) is 62.2 Å². The van der Waals surface area contributed by atoms with Crippen LogP contribution in [0.3, 0.4) is 0 Å². The van der Waals surface area contributed by atoms with Crippen molar-refractivity contribution in [3.8, 4) is 0 Å². The molecule has 0 spiro atoms. The summed E-state index contributed by atoms with van der Waals surface area (Å²) in [5.41, 5.74) is 1.26. The third-order valence-electron chi connectivity index (χ3n) is 3.97. The summed E-state index contributed by atoms with van der Waals surface area (Å²) in [6, 6.07) is 4.03. The molecule has 0 aliphatic heterocycles. The van der Waals surface area contributed by atoms with E-state index in [2.05, 4.69) is 10.3 Å². The molecule has 2 N–H and O–H groups in total. The molecule has 0 aromatic carbocycles. The highest BCUT2D eigenvalue weighted by molar-refractivity contribution is 5.70. The van der Waals surface area contributed by atoms with Gasteiger partial charge in [-0.1, -0.05) is 12.8 Å². The highest BCUT2D eigenvalue weighted by Crippen LogP contribution is 2.29. The molecule has 0 radical (unpaired) electrons. The molecule has 1 aromatic rings. The lowest BCUT2D eigenvalue weighted by Crippen LogP contribution is -2.35. The smallest absolute Gasteiger partial charge is 0.306 e. The van der Waals surface area contributed by atoms with Crippen LogP contribution < -0.4 is 5.32 Å². The van der Waals surface area contributed by atoms with Gasteiger partial charge in [0.15, 0.2) is 0 Å². The maximum atomic E-state index is 11.2. The van der Waals surface area contributed by atoms with Gasteiger partial charge in [0.25, 0.3) is 0 Å². The Morgan fingerprint density at radius 1 is 1.32 bits per heavy atom. The van der Waals surface area contributed by atoms with E-state index >= 15 is 0 Å². The number of rotatable bonds is 6. The molecule has 19 heavy (non-hydrogen) atoms. The van der Waals surface area contributed by atoms with E-state index in [4.69, 9.17) is 0 Å². The third-order valence-corrected chi connectivity index (χ3v) is 3.97. The predicted molar refractivity (Wildman–Crippen MR) is 73.9 cm³/mol. The number of pyridine rings is 1. The highest BCUT2D eigenvalue weighted by Gasteiger charge is 2.30. The summed E-state index contributed by atoms with van der Waals surface area (Å²) in [5, 5.41) is 12.6. The average Bonchev–Trinajstić information content (AvgIpc) is 2.45. The van der Waals surface area contributed by atoms with Crippen molar-refractivity contribution in [2.75, 3.05) is 13.1 Å². The molecule has 0 saturated heterocycles. The summed E-state index contributed by atoms with van der Waals surface area (Å²) in [7, 11) is 0. The van der Waals surface area contributed by atoms with Crippen molar-refractivity contribution in [3.63, 3.8) is 0 Å². The van der Waals surface area contributed by atoms with Crippen molar-refractivity contribution in [1.82, 2.24) is 10.3 Å². The number of carbonyl (C=O) groups is 1. The number of carboxylic acid groups (broad SMARTS) is 1. The Bertz CT molecular complexity index is 394. The van der Waals surface area contributed by atoms with E-state index in [0.717, 1.165) is 38.8 Å². The first-order valence-electron chi connectivity index (χ1n) is 7.10. The summed E-state index contributed by atoms with van der Waals surface area (Å²) in [5.74, 6) is -0.480. The van der Waals surface area contributed by atoms with Gasteiger partial charge in [0.1, 0.15) is 0 Å². The number of aromatic nitrogens is 1. The average molecular weight is 262 g/mol. The van der Waals surface area contributed by atoms with Crippen molar-refractivity contribution in [1.29, 1.82) is 0 Å². The molecular formula is C15H22N2O2. The maximum absolute atomic E-state index is 11.2. The number of carboxylic acids is 1. The SMILES string of the molecule is O=C(O)C1CCCCC1CNCCc1ccncc1. The van der Waals surface area contributed by atoms with Crippen LogP contribution in [0.1, 0.15) is 31.2 Å². The molecular weight excluding hydrogens is 240 g/mol. The van der Waals surface area contributed by atoms with Gasteiger partial charge in [-0.15, -0.1) is 0 Å². The Morgan fingerprint density at radius 2 is 2.05 bits per heavy atom. The zero-order valence-electron chi connectivity index (χ0n) is 11.2. The summed E-state index contributed by atoms with van der Waals surface area (Å²) in [4.78, 5) is 15.2. The van der Waals surface area contributed by atoms with Gasteiger partial charge in [-0.3, -0.25) is 9.78 Å². The van der Waals surface area contributed by atoms with Crippen LogP contribution in [0, 0.1) is 11.8 Å². The zero-order valence-corrected chi connectivity index (χ0v) is 11.2. The Hall–Kier alpha value is -1.42. The van der Waals surface area contributed by atoms with Crippen molar-refractivity contribution >= 4 is 5.97 Å². The number of hydrogen-bond donors (Lipinski definition) is 2. The van der Waals surface area contributed by atoms with Crippen molar-refractivity contribution in [2.24, 2.45) is 11.8 Å². The number of hydrogen-bond acceptors (Lipinski definition) is 3. The fourth-order valence-corrected chi connectivity index (χ4v) is 2.85. The second-order valence-corrected chi connectivity index (χ2v) is 5.30. The van der Waals surface area contributed by atoms with E-state index in [1.807, 2.05) is 12.1 Å². The zero-order chi connectivity index (χ0) is 13.5. The molecule has 1 aromatic heterocycles. The van der Waals surface area contributed by atoms with Crippen molar-refractivity contribution in [3.05, 3.63) is 30.1 Å². The van der Waals surface area contributed by atoms with Crippen LogP contribution >= 0.6 is 0 Å². The van der Waals surface area contributed by atoms with Gasteiger partial charge in [-0.05, 0) is 56.0 Å². The van der Waals surface area contributed by atoms with Crippen LogP contribution in [0.2, 0.25) is 0 Å². The van der Waals surface area contributed by atoms with Crippen LogP contribution in [0.15, 0.2) is 24.5 Å². The fraction of sp³-hybridized carbons (Fsp3) is 0.600. The molecule has 2 unspecified atom stereocenters. The molecule has 0 amide bonds. The van der Waals surface area contributed by atoms with Gasteiger partial charge in [-0.25, -0.2) is 0 Å². The van der Waals surface area contributed by atoms with E-state index in [9.17, 15) is 9.90 Å². The monoisotopic (exact) mass is 262 g/mol. The maximum Gasteiger partial charge on any atom is 0.306 e. The number of aliphatic carboxylic acids is 1. The molecule has 4 heteroatoms. The standard InChI is InChI=1S/C15H22N2O2/c18-15(19)14-4-2-1-3-13(14)11-17-10-7-12-5-8-16-9-6-12/h5-6,8-9,13-14,17H,1-4,7,10-11H2,(H,18,19). The van der Waals surface area contributed by atoms with Crippen LogP contribution in [0.5, 0.6) is 0 Å². The molecule has 2 rings (SSSR count). The quantitative estimate of drug-likeness (QED) is 0.771. The van der Waals surface area contributed by atoms with Crippen LogP contribution in [-0.2, 0) is 11.2 Å². The van der Waals surface area contributed by atoms with E-state index < -0.39 is 5.97 Å². The Kier molecular flexibility index (Phi) is 5.33. The second-order valence-electron chi connectivity index (χ2n) is 5.30. The Labute approximate surface area is 114 Å². The summed E-state index contributed by atoms with van der Waals surface area (Å²) in [6.45, 7) is 1.72. The van der Waals surface area contributed by atoms with E-state index in [1.54, 1.807) is 12.4 Å². The van der Waals surface area contributed by atoms with Crippen molar-refractivity contribution in [2.45, 2.75) is 32.1 Å². The van der Waals surface area contributed by atoms with Gasteiger partial charge in [0.2, 0.25) is 0 Å². The minimum absolute atomic E-state index is 0.151. The Balaban J connectivity index is 1.71. The van der Waals surface area contributed by atoms with Gasteiger partial charge in [0.05, 0.1) is 5.92 Å². The number of nitrogens with one attached hydrogen (secondary N) is 1.